The average molecular weight is 349 g/mol. The number of allylic oxidation sites excluding steroid dienone is 4. The normalized spacial score (nSPS) is 15.2. The van der Waals surface area contributed by atoms with E-state index in [-0.39, 0.29) is 5.91 Å². The molecule has 1 aromatic carbocycles. The fraction of sp³-hybridized carbons (Fsp3) is 0.364. The predicted octanol–water partition coefficient (Wildman–Crippen LogP) is 4.75. The number of aromatic amines is 1. The smallest absolute Gasteiger partial charge is 0.224 e. The number of fused-ring (bicyclic) bond motifs is 1. The van der Waals surface area contributed by atoms with E-state index in [0.717, 1.165) is 50.6 Å². The van der Waals surface area contributed by atoms with Crippen LogP contribution in [0.2, 0.25) is 0 Å². The number of aryl methyl sites for hydroxylation is 2. The van der Waals surface area contributed by atoms with Gasteiger partial charge < -0.3 is 5.32 Å². The minimum absolute atomic E-state index is 0.0580. The number of benzene rings is 1. The van der Waals surface area contributed by atoms with Gasteiger partial charge in [0.1, 0.15) is 0 Å². The molecule has 4 nitrogen and oxygen atoms in total. The number of carbonyl (C=O) groups is 1. The first-order chi connectivity index (χ1) is 12.8. The maximum atomic E-state index is 11.9. The largest absolute Gasteiger partial charge is 0.326 e. The van der Waals surface area contributed by atoms with E-state index in [1.807, 2.05) is 30.3 Å². The van der Waals surface area contributed by atoms with E-state index in [1.165, 1.54) is 17.0 Å². The Labute approximate surface area is 155 Å². The Balaban J connectivity index is 1.38. The first-order valence-electron chi connectivity index (χ1n) is 9.53. The molecule has 0 saturated heterocycles. The van der Waals surface area contributed by atoms with Crippen LogP contribution < -0.4 is 5.32 Å². The number of H-pyrrole nitrogens is 1. The standard InChI is InChI=1S/C22H27N3O/c26-22(23-18-12-6-5-7-13-18)17-11-4-3-10-16-21-19-14-8-1-2-9-15-20(19)24-25-21/h1-7,12-13H,8-11,14-17H2,(H,23,26)(H,24,25)/b2-1-,4-3+. The number of nitrogens with zero attached hydrogens (tertiary/aromatic N) is 1. The second kappa shape index (κ2) is 9.76. The van der Waals surface area contributed by atoms with E-state index in [0.29, 0.717) is 6.42 Å². The summed E-state index contributed by atoms with van der Waals surface area (Å²) in [4.78, 5) is 11.9. The highest BCUT2D eigenvalue weighted by atomic mass is 16.1. The SMILES string of the molecule is O=C(CC/C=C/CCc1n[nH]c2c1CC/C=C\CC2)Nc1ccccc1. The van der Waals surface area contributed by atoms with Crippen molar-refractivity contribution in [2.24, 2.45) is 0 Å². The van der Waals surface area contributed by atoms with Gasteiger partial charge in [0.05, 0.1) is 5.69 Å². The summed E-state index contributed by atoms with van der Waals surface area (Å²) in [5, 5.41) is 10.7. The molecule has 136 valence electrons. The molecule has 0 unspecified atom stereocenters. The Kier molecular flexibility index (Phi) is 6.82. The number of carbonyl (C=O) groups excluding carboxylic acids is 1. The molecule has 0 radical (unpaired) electrons. The van der Waals surface area contributed by atoms with E-state index in [4.69, 9.17) is 0 Å². The molecule has 0 fully saturated rings. The van der Waals surface area contributed by atoms with Crippen molar-refractivity contribution in [3.05, 3.63) is 71.6 Å². The topological polar surface area (TPSA) is 57.8 Å². The number of anilines is 1. The Morgan fingerprint density at radius 2 is 1.85 bits per heavy atom. The zero-order chi connectivity index (χ0) is 18.0. The van der Waals surface area contributed by atoms with Crippen LogP contribution in [0.3, 0.4) is 0 Å². The van der Waals surface area contributed by atoms with Crippen LogP contribution in [-0.4, -0.2) is 16.1 Å². The quantitative estimate of drug-likeness (QED) is 0.709. The lowest BCUT2D eigenvalue weighted by Gasteiger charge is -2.06. The van der Waals surface area contributed by atoms with Gasteiger partial charge in [0.25, 0.3) is 0 Å². The molecule has 0 bridgehead atoms. The van der Waals surface area contributed by atoms with Crippen LogP contribution in [0.5, 0.6) is 0 Å². The fourth-order valence-electron chi connectivity index (χ4n) is 3.26. The molecule has 1 heterocycles. The van der Waals surface area contributed by atoms with Gasteiger partial charge in [-0.05, 0) is 62.6 Å². The molecule has 26 heavy (non-hydrogen) atoms. The lowest BCUT2D eigenvalue weighted by Crippen LogP contribution is -2.10. The Morgan fingerprint density at radius 3 is 2.69 bits per heavy atom. The second-order valence-corrected chi connectivity index (χ2v) is 6.64. The van der Waals surface area contributed by atoms with Crippen molar-refractivity contribution in [2.75, 3.05) is 5.32 Å². The van der Waals surface area contributed by atoms with Gasteiger partial charge in [-0.2, -0.15) is 5.10 Å². The molecule has 3 rings (SSSR count). The van der Waals surface area contributed by atoms with E-state index in [1.54, 1.807) is 0 Å². The monoisotopic (exact) mass is 349 g/mol. The lowest BCUT2D eigenvalue weighted by molar-refractivity contribution is -0.116. The van der Waals surface area contributed by atoms with Crippen LogP contribution in [0.25, 0.3) is 0 Å². The van der Waals surface area contributed by atoms with Crippen molar-refractivity contribution in [1.82, 2.24) is 10.2 Å². The van der Waals surface area contributed by atoms with E-state index in [9.17, 15) is 4.79 Å². The van der Waals surface area contributed by atoms with Gasteiger partial charge in [0.2, 0.25) is 5.91 Å². The second-order valence-electron chi connectivity index (χ2n) is 6.64. The van der Waals surface area contributed by atoms with Crippen molar-refractivity contribution < 1.29 is 4.79 Å². The number of amides is 1. The molecule has 2 N–H and O–H groups in total. The van der Waals surface area contributed by atoms with Crippen molar-refractivity contribution in [3.8, 4) is 0 Å². The van der Waals surface area contributed by atoms with Crippen LogP contribution in [0.1, 0.15) is 49.1 Å². The van der Waals surface area contributed by atoms with E-state index in [2.05, 4.69) is 39.8 Å². The third kappa shape index (κ3) is 5.45. The van der Waals surface area contributed by atoms with Crippen molar-refractivity contribution in [1.29, 1.82) is 0 Å². The van der Waals surface area contributed by atoms with Crippen molar-refractivity contribution in [3.63, 3.8) is 0 Å². The molecule has 1 aliphatic carbocycles. The van der Waals surface area contributed by atoms with Gasteiger partial charge in [0.15, 0.2) is 0 Å². The molecule has 1 amide bonds. The minimum Gasteiger partial charge on any atom is -0.326 e. The highest BCUT2D eigenvalue weighted by Gasteiger charge is 2.12. The number of para-hydroxylation sites is 1. The molecular weight excluding hydrogens is 322 g/mol. The van der Waals surface area contributed by atoms with Crippen LogP contribution in [0.4, 0.5) is 5.69 Å². The highest BCUT2D eigenvalue weighted by Crippen LogP contribution is 2.19. The lowest BCUT2D eigenvalue weighted by atomic mass is 9.99. The summed E-state index contributed by atoms with van der Waals surface area (Å²) in [6.45, 7) is 0. The Hall–Kier alpha value is -2.62. The molecule has 2 aromatic rings. The third-order valence-corrected chi connectivity index (χ3v) is 4.64. The Bertz CT molecular complexity index is 759. The number of nitrogens with one attached hydrogen (secondary N) is 2. The van der Waals surface area contributed by atoms with Crippen LogP contribution >= 0.6 is 0 Å². The minimum atomic E-state index is 0.0580. The molecule has 0 aliphatic heterocycles. The molecule has 4 heteroatoms. The van der Waals surface area contributed by atoms with Gasteiger partial charge in [-0.1, -0.05) is 42.5 Å². The molecule has 0 saturated carbocycles. The molecule has 0 atom stereocenters. The summed E-state index contributed by atoms with van der Waals surface area (Å²) in [7, 11) is 0. The van der Waals surface area contributed by atoms with Crippen LogP contribution in [0, 0.1) is 0 Å². The first kappa shape index (κ1) is 18.2. The van der Waals surface area contributed by atoms with Gasteiger partial charge in [-0.3, -0.25) is 9.89 Å². The van der Waals surface area contributed by atoms with Gasteiger partial charge >= 0.3 is 0 Å². The zero-order valence-corrected chi connectivity index (χ0v) is 15.2. The molecule has 1 aliphatic rings. The third-order valence-electron chi connectivity index (χ3n) is 4.64. The van der Waals surface area contributed by atoms with Gasteiger partial charge in [0, 0.05) is 17.8 Å². The summed E-state index contributed by atoms with van der Waals surface area (Å²) in [5.74, 6) is 0.0580. The highest BCUT2D eigenvalue weighted by molar-refractivity contribution is 5.90. The van der Waals surface area contributed by atoms with Crippen molar-refractivity contribution in [2.45, 2.75) is 51.4 Å². The van der Waals surface area contributed by atoms with E-state index >= 15 is 0 Å². The summed E-state index contributed by atoms with van der Waals surface area (Å²) >= 11 is 0. The summed E-state index contributed by atoms with van der Waals surface area (Å²) in [6.07, 6.45) is 16.4. The van der Waals surface area contributed by atoms with Crippen LogP contribution in [0.15, 0.2) is 54.6 Å². The average Bonchev–Trinajstić information content (AvgIpc) is 2.99. The van der Waals surface area contributed by atoms with Crippen LogP contribution in [-0.2, 0) is 24.1 Å². The summed E-state index contributed by atoms with van der Waals surface area (Å²) in [5.41, 5.74) is 4.80. The molecular formula is C22H27N3O. The maximum absolute atomic E-state index is 11.9. The number of rotatable bonds is 7. The predicted molar refractivity (Wildman–Crippen MR) is 106 cm³/mol. The van der Waals surface area contributed by atoms with Crippen molar-refractivity contribution >= 4 is 11.6 Å². The summed E-state index contributed by atoms with van der Waals surface area (Å²) < 4.78 is 0. The maximum Gasteiger partial charge on any atom is 0.224 e. The van der Waals surface area contributed by atoms with Gasteiger partial charge in [-0.25, -0.2) is 0 Å². The molecule has 1 aromatic heterocycles. The van der Waals surface area contributed by atoms with Gasteiger partial charge in [-0.15, -0.1) is 0 Å². The summed E-state index contributed by atoms with van der Waals surface area (Å²) in [6, 6.07) is 9.58. The zero-order valence-electron chi connectivity index (χ0n) is 15.2. The molecule has 0 spiro atoms. The first-order valence-corrected chi connectivity index (χ1v) is 9.53. The fourth-order valence-corrected chi connectivity index (χ4v) is 3.26. The number of hydrogen-bond acceptors (Lipinski definition) is 2. The van der Waals surface area contributed by atoms with E-state index < -0.39 is 0 Å². The Morgan fingerprint density at radius 1 is 1.08 bits per heavy atom. The number of aromatic nitrogens is 2. The number of hydrogen-bond donors (Lipinski definition) is 2.